The van der Waals surface area contributed by atoms with Crippen LogP contribution in [0.15, 0.2) is 83.4 Å². The number of nitro groups is 3. The Bertz CT molecular complexity index is 2450. The summed E-state index contributed by atoms with van der Waals surface area (Å²) < 4.78 is 16.7. The first-order chi connectivity index (χ1) is 32.0. The Morgan fingerprint density at radius 1 is 0.761 bits per heavy atom. The fourth-order valence-electron chi connectivity index (χ4n) is 8.71. The van der Waals surface area contributed by atoms with Crippen molar-refractivity contribution in [3.8, 4) is 0 Å². The predicted octanol–water partition coefficient (Wildman–Crippen LogP) is 4.31. The van der Waals surface area contributed by atoms with E-state index in [2.05, 4.69) is 0 Å². The molecule has 4 aliphatic heterocycles. The molecule has 0 bridgehead atoms. The van der Waals surface area contributed by atoms with Crippen LogP contribution in [0.3, 0.4) is 0 Å². The van der Waals surface area contributed by atoms with Crippen molar-refractivity contribution in [1.29, 1.82) is 0 Å². The largest absolute Gasteiger partial charge is 0.460 e. The molecule has 354 valence electrons. The first-order valence-corrected chi connectivity index (χ1v) is 22.3. The molecule has 0 radical (unpaired) electrons. The maximum Gasteiger partial charge on any atom is 0.410 e. The molecular weight excluding hydrogens is 899 g/mol. The minimum atomic E-state index is -1.03. The topological polar surface area (TPSA) is 276 Å². The van der Waals surface area contributed by atoms with Gasteiger partial charge in [0.25, 0.3) is 17.1 Å². The van der Waals surface area contributed by atoms with Crippen LogP contribution in [0, 0.1) is 42.2 Å². The van der Waals surface area contributed by atoms with Crippen LogP contribution in [0.4, 0.5) is 21.9 Å². The Labute approximate surface area is 386 Å². The second-order valence-corrected chi connectivity index (χ2v) is 18.0. The highest BCUT2D eigenvalue weighted by Crippen LogP contribution is 2.52. The molecule has 0 aliphatic carbocycles. The van der Waals surface area contributed by atoms with Gasteiger partial charge in [0.1, 0.15) is 31.6 Å². The molecule has 3 saturated heterocycles. The maximum absolute atomic E-state index is 14.5. The van der Waals surface area contributed by atoms with E-state index in [1.807, 2.05) is 11.8 Å². The molecule has 3 aromatic carbocycles. The summed E-state index contributed by atoms with van der Waals surface area (Å²) in [5.41, 5.74) is 1.10. The highest BCUT2D eigenvalue weighted by molar-refractivity contribution is 8.03. The van der Waals surface area contributed by atoms with Crippen molar-refractivity contribution in [2.24, 2.45) is 11.8 Å². The van der Waals surface area contributed by atoms with Gasteiger partial charge >= 0.3 is 18.0 Å². The lowest BCUT2D eigenvalue weighted by Gasteiger charge is -2.46. The molecule has 7 rings (SSSR count). The number of fused-ring (bicyclic) bond motifs is 1. The molecule has 0 spiro atoms. The van der Waals surface area contributed by atoms with Crippen molar-refractivity contribution in [2.75, 3.05) is 39.3 Å². The van der Waals surface area contributed by atoms with E-state index in [1.54, 1.807) is 4.90 Å². The number of aliphatic hydroxyl groups is 1. The van der Waals surface area contributed by atoms with Gasteiger partial charge in [0.05, 0.1) is 39.4 Å². The third-order valence-corrected chi connectivity index (χ3v) is 13.7. The summed E-state index contributed by atoms with van der Waals surface area (Å²) in [5.74, 6) is -3.45. The van der Waals surface area contributed by atoms with E-state index in [0.717, 1.165) is 0 Å². The number of carbonyl (C=O) groups excluding carboxylic acids is 5. The SMILES string of the molecule is C[C@@H](O)[C@H]1C(=O)N2C(C(=O)OCc3ccc([N+](=O)[O-])cc3)=C(S[C@H]3C[C@@H](C(=O)N4CCCN(CC(=O)OCc5ccc([N+](=O)[O-])cc5)CC4)N(C(=O)OCc4ccc([N+](=O)[O-])cc4)C3)[C@H](C)[C@H]12. The summed E-state index contributed by atoms with van der Waals surface area (Å²) in [6, 6.07) is 14.9. The zero-order valence-electron chi connectivity index (χ0n) is 36.4. The Hall–Kier alpha value is -6.98. The zero-order chi connectivity index (χ0) is 48.1. The lowest BCUT2D eigenvalue weighted by atomic mass is 9.79. The van der Waals surface area contributed by atoms with E-state index < -0.39 is 74.0 Å². The summed E-state index contributed by atoms with van der Waals surface area (Å²) in [6.07, 6.45) is -1.24. The number of esters is 2. The molecule has 0 unspecified atom stereocenters. The van der Waals surface area contributed by atoms with Crippen molar-refractivity contribution in [2.45, 2.75) is 69.9 Å². The molecule has 3 amide bonds. The van der Waals surface area contributed by atoms with Crippen LogP contribution in [0.1, 0.15) is 43.4 Å². The number of non-ortho nitro benzene ring substituents is 3. The van der Waals surface area contributed by atoms with Gasteiger partial charge in [0.15, 0.2) is 0 Å². The molecule has 0 aromatic heterocycles. The van der Waals surface area contributed by atoms with Crippen LogP contribution in [0.2, 0.25) is 0 Å². The fourth-order valence-corrected chi connectivity index (χ4v) is 10.2. The molecule has 0 saturated carbocycles. The Kier molecular flexibility index (Phi) is 14.8. The van der Waals surface area contributed by atoms with E-state index in [4.69, 9.17) is 14.2 Å². The molecule has 4 aliphatic rings. The number of β-lactam (4-membered cyclic amide) rings is 1. The number of thioether (sulfide) groups is 1. The lowest BCUT2D eigenvalue weighted by molar-refractivity contribution is -0.385. The summed E-state index contributed by atoms with van der Waals surface area (Å²) in [7, 11) is 0. The molecule has 3 fully saturated rings. The fraction of sp³-hybridized carbons (Fsp3) is 0.432. The average molecular weight is 946 g/mol. The van der Waals surface area contributed by atoms with Gasteiger partial charge in [-0.1, -0.05) is 6.92 Å². The number of nitro benzene ring substituents is 3. The molecule has 22 nitrogen and oxygen atoms in total. The quantitative estimate of drug-likeness (QED) is 0.0688. The van der Waals surface area contributed by atoms with Gasteiger partial charge in [-0.2, -0.15) is 0 Å². The smallest absolute Gasteiger partial charge is 0.410 e. The van der Waals surface area contributed by atoms with Crippen LogP contribution in [-0.4, -0.2) is 132 Å². The third kappa shape index (κ3) is 10.8. The molecule has 6 atom stereocenters. The number of rotatable bonds is 16. The van der Waals surface area contributed by atoms with Crippen LogP contribution in [0.5, 0.6) is 0 Å². The molecule has 23 heteroatoms. The Balaban J connectivity index is 1.06. The van der Waals surface area contributed by atoms with E-state index in [0.29, 0.717) is 47.7 Å². The van der Waals surface area contributed by atoms with Crippen molar-refractivity contribution >= 4 is 58.7 Å². The highest BCUT2D eigenvalue weighted by Gasteiger charge is 2.61. The van der Waals surface area contributed by atoms with Crippen molar-refractivity contribution in [3.05, 3.63) is 130 Å². The van der Waals surface area contributed by atoms with Crippen LogP contribution < -0.4 is 0 Å². The third-order valence-electron chi connectivity index (χ3n) is 12.2. The molecule has 1 N–H and O–H groups in total. The first kappa shape index (κ1) is 48.0. The van der Waals surface area contributed by atoms with Gasteiger partial charge in [-0.15, -0.1) is 11.8 Å². The van der Waals surface area contributed by atoms with Crippen molar-refractivity contribution in [3.63, 3.8) is 0 Å². The Morgan fingerprint density at radius 3 is 1.81 bits per heavy atom. The minimum absolute atomic E-state index is 0.0134. The Morgan fingerprint density at radius 2 is 1.28 bits per heavy atom. The van der Waals surface area contributed by atoms with Gasteiger partial charge in [0.2, 0.25) is 11.8 Å². The van der Waals surface area contributed by atoms with Crippen LogP contribution >= 0.6 is 11.8 Å². The summed E-state index contributed by atoms with van der Waals surface area (Å²) >= 11 is 1.23. The number of nitrogens with zero attached hydrogens (tertiary/aromatic N) is 7. The number of benzene rings is 3. The summed E-state index contributed by atoms with van der Waals surface area (Å²) in [6.45, 7) is 3.92. The average Bonchev–Trinajstić information content (AvgIpc) is 3.73. The van der Waals surface area contributed by atoms with Gasteiger partial charge in [-0.3, -0.25) is 54.5 Å². The molecular formula is C44H47N7O15S. The number of aliphatic hydroxyl groups excluding tert-OH is 1. The van der Waals surface area contributed by atoms with E-state index >= 15 is 0 Å². The van der Waals surface area contributed by atoms with E-state index in [1.165, 1.54) is 101 Å². The van der Waals surface area contributed by atoms with E-state index in [-0.39, 0.29) is 74.5 Å². The second kappa shape index (κ2) is 20.7. The number of carbonyl (C=O) groups is 5. The molecule has 4 heterocycles. The number of amides is 3. The standard InChI is InChI=1S/C44H47N7O15S/c1-26-38-37(27(2)52)42(55)48(38)39(43(56)65-24-29-6-12-32(13-7-29)50(60)61)40(26)67-34-20-35(47(21-34)44(57)66-25-30-8-14-33(15-9-30)51(62)63)41(54)46-17-3-16-45(18-19-46)22-36(53)64-23-28-4-10-31(11-5-28)49(58)59/h4-15,26-27,34-35,37-38,52H,3,16-25H2,1-2H3/t26-,27-,34+,35+,37-,38-/m1/s1. The maximum atomic E-state index is 14.5. The van der Waals surface area contributed by atoms with Crippen molar-refractivity contribution < 1.29 is 58.1 Å². The number of hydrogen-bond acceptors (Lipinski definition) is 17. The van der Waals surface area contributed by atoms with Crippen LogP contribution in [0.25, 0.3) is 0 Å². The van der Waals surface area contributed by atoms with E-state index in [9.17, 15) is 59.4 Å². The normalized spacial score (nSPS) is 22.0. The zero-order valence-corrected chi connectivity index (χ0v) is 37.2. The van der Waals surface area contributed by atoms with Gasteiger partial charge in [-0.25, -0.2) is 9.59 Å². The molecule has 67 heavy (non-hydrogen) atoms. The predicted molar refractivity (Wildman–Crippen MR) is 235 cm³/mol. The van der Waals surface area contributed by atoms with Gasteiger partial charge in [0, 0.05) is 85.2 Å². The first-order valence-electron chi connectivity index (χ1n) is 21.4. The monoisotopic (exact) mass is 945 g/mol. The lowest BCUT2D eigenvalue weighted by Crippen LogP contribution is -2.63. The van der Waals surface area contributed by atoms with Crippen LogP contribution in [-0.2, 0) is 53.2 Å². The number of likely N-dealkylation sites (tertiary alicyclic amines) is 1. The number of hydrogen-bond donors (Lipinski definition) is 1. The second-order valence-electron chi connectivity index (χ2n) is 16.6. The summed E-state index contributed by atoms with van der Waals surface area (Å²) in [5, 5.41) is 43.3. The highest BCUT2D eigenvalue weighted by atomic mass is 32.2. The minimum Gasteiger partial charge on any atom is -0.460 e. The molecule has 3 aromatic rings. The van der Waals surface area contributed by atoms with Crippen molar-refractivity contribution in [1.82, 2.24) is 19.6 Å². The van der Waals surface area contributed by atoms with Gasteiger partial charge in [-0.05, 0) is 72.9 Å². The number of ether oxygens (including phenoxy) is 3. The summed E-state index contributed by atoms with van der Waals surface area (Å²) in [4.78, 5) is 107. The van der Waals surface area contributed by atoms with Gasteiger partial charge < -0.3 is 29.1 Å².